The Hall–Kier alpha value is -2.63. The zero-order valence-corrected chi connectivity index (χ0v) is 17.6. The maximum Gasteiger partial charge on any atom is 0.307 e. The molecule has 0 bridgehead atoms. The number of nitrogens with zero attached hydrogens (tertiary/aromatic N) is 5. The Balaban J connectivity index is 0.00000280. The molecule has 0 spiro atoms. The smallest absolute Gasteiger partial charge is 0.307 e. The summed E-state index contributed by atoms with van der Waals surface area (Å²) < 4.78 is 3.58. The highest BCUT2D eigenvalue weighted by Gasteiger charge is 2.16. The molecule has 0 aliphatic heterocycles. The molecule has 146 valence electrons. The molecule has 3 rings (SSSR count). The molecule has 5 nitrogen and oxygen atoms in total. The number of anilines is 1. The van der Waals surface area contributed by atoms with E-state index in [1.807, 2.05) is 79.8 Å². The standard InChI is InChI=1S/C21H23ClN5.ClH/c1-4-20-26(23-16-17-10-12-19(13-11-17)25(2)3)14-15-27(20)24-21(22)18-8-6-5-7-9-18;/h5-16H,4H2,1-3H3;1H/q+1;/p-1. The Bertz CT molecular complexity index is 945. The first-order chi connectivity index (χ1) is 13.1. The number of aromatic nitrogens is 2. The zero-order valence-electron chi connectivity index (χ0n) is 16.1. The normalized spacial score (nSPS) is 11.5. The second kappa shape index (κ2) is 10.1. The van der Waals surface area contributed by atoms with Crippen LogP contribution in [0.1, 0.15) is 23.9 Å². The third kappa shape index (κ3) is 5.21. The van der Waals surface area contributed by atoms with Gasteiger partial charge < -0.3 is 17.3 Å². The van der Waals surface area contributed by atoms with Gasteiger partial charge in [-0.1, -0.05) is 71.2 Å². The van der Waals surface area contributed by atoms with Crippen LogP contribution in [0.3, 0.4) is 0 Å². The number of hydrogen-bond donors (Lipinski definition) is 0. The van der Waals surface area contributed by atoms with Gasteiger partial charge in [-0.3, -0.25) is 0 Å². The fourth-order valence-electron chi connectivity index (χ4n) is 2.64. The van der Waals surface area contributed by atoms with Crippen LogP contribution >= 0.6 is 11.6 Å². The minimum atomic E-state index is 0. The van der Waals surface area contributed by atoms with Gasteiger partial charge in [-0.05, 0) is 17.7 Å². The summed E-state index contributed by atoms with van der Waals surface area (Å²) in [5.74, 6) is 0.935. The SMILES string of the molecule is CCc1n(N=Cc2ccc(N(C)C)cc2)cc[n+]1N=C(Cl)c1ccccc1.[Cl-]. The van der Waals surface area contributed by atoms with Crippen LogP contribution in [0.15, 0.2) is 77.2 Å². The molecule has 3 aromatic rings. The lowest BCUT2D eigenvalue weighted by Gasteiger charge is -2.11. The van der Waals surface area contributed by atoms with Crippen molar-refractivity contribution in [2.45, 2.75) is 13.3 Å². The van der Waals surface area contributed by atoms with Crippen LogP contribution in [0, 0.1) is 0 Å². The van der Waals surface area contributed by atoms with Crippen LogP contribution in [0.4, 0.5) is 5.69 Å². The topological polar surface area (TPSA) is 36.8 Å². The van der Waals surface area contributed by atoms with Crippen LogP contribution in [-0.4, -0.2) is 30.2 Å². The molecule has 0 saturated heterocycles. The third-order valence-corrected chi connectivity index (χ3v) is 4.44. The summed E-state index contributed by atoms with van der Waals surface area (Å²) in [6, 6.07) is 17.9. The predicted octanol–water partition coefficient (Wildman–Crippen LogP) is 0.739. The molecule has 28 heavy (non-hydrogen) atoms. The minimum absolute atomic E-state index is 0. The first kappa shape index (κ1) is 21.7. The van der Waals surface area contributed by atoms with Crippen molar-refractivity contribution in [2.24, 2.45) is 10.2 Å². The molecule has 0 saturated carbocycles. The van der Waals surface area contributed by atoms with Gasteiger partial charge in [0.2, 0.25) is 0 Å². The molecule has 0 amide bonds. The minimum Gasteiger partial charge on any atom is -1.00 e. The average molecular weight is 416 g/mol. The van der Waals surface area contributed by atoms with Crippen LogP contribution in [0.5, 0.6) is 0 Å². The van der Waals surface area contributed by atoms with Gasteiger partial charge in [0.15, 0.2) is 17.6 Å². The molecule has 1 aromatic heterocycles. The zero-order chi connectivity index (χ0) is 19.2. The second-order valence-electron chi connectivity index (χ2n) is 6.24. The fraction of sp³-hybridized carbons (Fsp3) is 0.190. The Kier molecular flexibility index (Phi) is 7.79. The summed E-state index contributed by atoms with van der Waals surface area (Å²) in [6.45, 7) is 2.07. The van der Waals surface area contributed by atoms with Gasteiger partial charge in [0.05, 0.1) is 12.6 Å². The molecule has 0 radical (unpaired) electrons. The van der Waals surface area contributed by atoms with E-state index >= 15 is 0 Å². The van der Waals surface area contributed by atoms with Crippen LogP contribution in [0.25, 0.3) is 0 Å². The molecule has 1 heterocycles. The summed E-state index contributed by atoms with van der Waals surface area (Å²) in [4.78, 5) is 2.07. The largest absolute Gasteiger partial charge is 1.00 e. The van der Waals surface area contributed by atoms with E-state index in [0.29, 0.717) is 5.17 Å². The monoisotopic (exact) mass is 415 g/mol. The maximum atomic E-state index is 6.37. The van der Waals surface area contributed by atoms with E-state index < -0.39 is 0 Å². The van der Waals surface area contributed by atoms with Gasteiger partial charge in [0, 0.05) is 25.3 Å². The molecule has 7 heteroatoms. The molecule has 0 aliphatic rings. The number of rotatable bonds is 6. The Morgan fingerprint density at radius 2 is 1.79 bits per heavy atom. The Morgan fingerprint density at radius 1 is 1.11 bits per heavy atom. The van der Waals surface area contributed by atoms with Gasteiger partial charge >= 0.3 is 5.82 Å². The number of hydrogen-bond acceptors (Lipinski definition) is 3. The van der Waals surface area contributed by atoms with Gasteiger partial charge in [0.25, 0.3) is 0 Å². The Labute approximate surface area is 177 Å². The number of halogens is 2. The Morgan fingerprint density at radius 3 is 2.39 bits per heavy atom. The second-order valence-corrected chi connectivity index (χ2v) is 6.60. The van der Waals surface area contributed by atoms with E-state index in [4.69, 9.17) is 11.6 Å². The maximum absolute atomic E-state index is 6.37. The molecule has 0 N–H and O–H groups in total. The average Bonchev–Trinajstić information content (AvgIpc) is 3.08. The molecule has 0 fully saturated rings. The van der Waals surface area contributed by atoms with Crippen molar-refractivity contribution in [1.82, 2.24) is 4.68 Å². The van der Waals surface area contributed by atoms with Gasteiger partial charge in [0.1, 0.15) is 0 Å². The van der Waals surface area contributed by atoms with Crippen LogP contribution < -0.4 is 22.0 Å². The highest BCUT2D eigenvalue weighted by Crippen LogP contribution is 2.11. The molecule has 2 aromatic carbocycles. The number of benzene rings is 2. The van der Waals surface area contributed by atoms with E-state index in [9.17, 15) is 0 Å². The van der Waals surface area contributed by atoms with Crippen molar-refractivity contribution in [2.75, 3.05) is 19.0 Å². The van der Waals surface area contributed by atoms with Crippen molar-refractivity contribution < 1.29 is 17.1 Å². The number of imidazole rings is 1. The first-order valence-electron chi connectivity index (χ1n) is 8.82. The lowest BCUT2D eigenvalue weighted by atomic mass is 10.2. The van der Waals surface area contributed by atoms with E-state index in [1.54, 1.807) is 4.68 Å². The van der Waals surface area contributed by atoms with Gasteiger partial charge in [-0.25, -0.2) is 0 Å². The lowest BCUT2D eigenvalue weighted by Crippen LogP contribution is -3.00. The quantitative estimate of drug-likeness (QED) is 0.432. The predicted molar refractivity (Wildman–Crippen MR) is 112 cm³/mol. The fourth-order valence-corrected chi connectivity index (χ4v) is 2.85. The van der Waals surface area contributed by atoms with Gasteiger partial charge in [-0.15, -0.1) is 9.35 Å². The summed E-state index contributed by atoms with van der Waals surface area (Å²) >= 11 is 6.37. The van der Waals surface area contributed by atoms with E-state index in [2.05, 4.69) is 34.2 Å². The summed E-state index contributed by atoms with van der Waals surface area (Å²) in [7, 11) is 4.05. The van der Waals surface area contributed by atoms with Crippen molar-refractivity contribution in [1.29, 1.82) is 0 Å². The van der Waals surface area contributed by atoms with E-state index in [-0.39, 0.29) is 12.4 Å². The van der Waals surface area contributed by atoms with Crippen molar-refractivity contribution >= 4 is 28.7 Å². The lowest BCUT2D eigenvalue weighted by molar-refractivity contribution is -0.685. The molecule has 0 atom stereocenters. The van der Waals surface area contributed by atoms with Crippen molar-refractivity contribution in [3.05, 3.63) is 83.9 Å². The summed E-state index contributed by atoms with van der Waals surface area (Å²) in [5.41, 5.74) is 3.07. The molecule has 0 aliphatic carbocycles. The summed E-state index contributed by atoms with van der Waals surface area (Å²) in [6.07, 6.45) is 6.34. The van der Waals surface area contributed by atoms with E-state index in [0.717, 1.165) is 29.1 Å². The molecule has 0 unspecified atom stereocenters. The summed E-state index contributed by atoms with van der Waals surface area (Å²) in [5, 5.41) is 9.51. The third-order valence-electron chi connectivity index (χ3n) is 4.14. The van der Waals surface area contributed by atoms with Crippen LogP contribution in [-0.2, 0) is 6.42 Å². The van der Waals surface area contributed by atoms with Crippen molar-refractivity contribution in [3.8, 4) is 0 Å². The highest BCUT2D eigenvalue weighted by atomic mass is 35.5. The van der Waals surface area contributed by atoms with E-state index in [1.165, 1.54) is 0 Å². The first-order valence-corrected chi connectivity index (χ1v) is 9.20. The van der Waals surface area contributed by atoms with Crippen LogP contribution in [0.2, 0.25) is 0 Å². The molecular formula is C21H23Cl2N5. The molecular weight excluding hydrogens is 393 g/mol. The van der Waals surface area contributed by atoms with Crippen molar-refractivity contribution in [3.63, 3.8) is 0 Å². The highest BCUT2D eigenvalue weighted by molar-refractivity contribution is 6.69. The van der Waals surface area contributed by atoms with Gasteiger partial charge in [-0.2, -0.15) is 0 Å².